The Kier molecular flexibility index (Phi) is 14.0. The highest BCUT2D eigenvalue weighted by Gasteiger charge is 2.49. The maximum atomic E-state index is 14.8. The molecule has 66 heavy (non-hydrogen) atoms. The lowest BCUT2D eigenvalue weighted by molar-refractivity contribution is -0.160. The van der Waals surface area contributed by atoms with Crippen LogP contribution in [0.2, 0.25) is 0 Å². The second kappa shape index (κ2) is 19.2. The molecule has 0 aliphatic carbocycles. The summed E-state index contributed by atoms with van der Waals surface area (Å²) in [4.78, 5) is 65.3. The number of carbonyl (C=O) groups excluding carboxylic acids is 3. The second-order valence-electron chi connectivity index (χ2n) is 18.2. The van der Waals surface area contributed by atoms with Crippen LogP contribution in [0.3, 0.4) is 0 Å². The lowest BCUT2D eigenvalue weighted by atomic mass is 9.78. The number of phenols is 1. The van der Waals surface area contributed by atoms with Crippen LogP contribution < -0.4 is 20.4 Å². The molecule has 16 heteroatoms. The summed E-state index contributed by atoms with van der Waals surface area (Å²) >= 11 is 0. The Morgan fingerprint density at radius 1 is 0.985 bits per heavy atom. The number of amides is 1. The summed E-state index contributed by atoms with van der Waals surface area (Å²) in [6.45, 7) is 19.3. The van der Waals surface area contributed by atoms with E-state index in [-0.39, 0.29) is 50.0 Å². The molecule has 3 aliphatic rings. The fourth-order valence-electron chi connectivity index (χ4n) is 9.54. The number of phenolic OH excluding ortho intramolecular Hbond substituents is 1. The largest absolute Gasteiger partial charge is 0.505 e. The predicted molar refractivity (Wildman–Crippen MR) is 251 cm³/mol. The first kappa shape index (κ1) is 48.1. The highest BCUT2D eigenvalue weighted by Crippen LogP contribution is 2.48. The van der Waals surface area contributed by atoms with Crippen LogP contribution >= 0.6 is 0 Å². The van der Waals surface area contributed by atoms with E-state index in [0.29, 0.717) is 11.1 Å². The second-order valence-corrected chi connectivity index (χ2v) is 18.2. The Bertz CT molecular complexity index is 2700. The van der Waals surface area contributed by atoms with Crippen LogP contribution in [0.25, 0.3) is 33.0 Å². The van der Waals surface area contributed by atoms with E-state index in [2.05, 4.69) is 22.0 Å². The molecule has 4 N–H and O–H groups in total. The van der Waals surface area contributed by atoms with Crippen LogP contribution in [0.4, 0.5) is 11.4 Å². The van der Waals surface area contributed by atoms with Gasteiger partial charge in [-0.3, -0.25) is 24.1 Å². The van der Waals surface area contributed by atoms with E-state index in [1.807, 2.05) is 12.1 Å². The molecule has 354 valence electrons. The van der Waals surface area contributed by atoms with Gasteiger partial charge < -0.3 is 48.9 Å². The van der Waals surface area contributed by atoms with Crippen molar-refractivity contribution in [3.8, 4) is 11.5 Å². The molecule has 0 spiro atoms. The lowest BCUT2D eigenvalue weighted by Gasteiger charge is -2.38. The molecule has 9 atom stereocenters. The van der Waals surface area contributed by atoms with Gasteiger partial charge >= 0.3 is 11.8 Å². The lowest BCUT2D eigenvalue weighted by Crippen LogP contribution is -2.46. The summed E-state index contributed by atoms with van der Waals surface area (Å²) < 4.78 is 30.6. The van der Waals surface area contributed by atoms with E-state index in [1.165, 1.54) is 46.3 Å². The van der Waals surface area contributed by atoms with Gasteiger partial charge in [0.05, 0.1) is 35.5 Å². The number of fused-ring (bicyclic) bond motifs is 5. The van der Waals surface area contributed by atoms with Gasteiger partial charge in [-0.25, -0.2) is 4.98 Å². The third kappa shape index (κ3) is 8.91. The summed E-state index contributed by atoms with van der Waals surface area (Å²) in [6.07, 6.45) is 4.78. The van der Waals surface area contributed by atoms with Crippen LogP contribution in [-0.2, 0) is 23.8 Å². The Hall–Kier alpha value is -5.81. The SMILES string of the molecule is CCCN1CCN(c2ccc3nc4c(oc3c2)c2c(O)c3c(=O)c(C)c5c(c34)C(=O)C(C)(O/C=C/[C@H](OC)[C@@H](C)[C@@H](OC(C)=O)[C@H](C)[C@H](O)[C@H](C)[C@@H](O)[C@@H](C)/C=C/C=C(/C)C(=O)N2)O5)CC1. The van der Waals surface area contributed by atoms with Gasteiger partial charge in [-0.15, -0.1) is 0 Å². The fraction of sp³-hybridized carbons (Fsp3) is 0.500. The predicted octanol–water partition coefficient (Wildman–Crippen LogP) is 6.53. The van der Waals surface area contributed by atoms with E-state index < -0.39 is 82.7 Å². The number of ether oxygens (including phenoxy) is 4. The van der Waals surface area contributed by atoms with Gasteiger partial charge in [0.15, 0.2) is 22.3 Å². The van der Waals surface area contributed by atoms with Crippen molar-refractivity contribution in [3.63, 3.8) is 0 Å². The maximum Gasteiger partial charge on any atom is 0.312 e. The van der Waals surface area contributed by atoms with Crippen LogP contribution in [-0.4, -0.2) is 113 Å². The minimum atomic E-state index is -2.03. The number of Topliss-reactive ketones (excluding diaryl/α,β-unsaturated/α-hetero) is 1. The molecule has 1 unspecified atom stereocenters. The van der Waals surface area contributed by atoms with Crippen LogP contribution in [0.15, 0.2) is 63.6 Å². The quantitative estimate of drug-likeness (QED) is 0.0726. The zero-order valence-electron chi connectivity index (χ0n) is 39.3. The zero-order chi connectivity index (χ0) is 47.9. The molecule has 4 aromatic rings. The zero-order valence-corrected chi connectivity index (χ0v) is 39.3. The van der Waals surface area contributed by atoms with Gasteiger partial charge in [0.25, 0.3) is 11.7 Å². The van der Waals surface area contributed by atoms with Crippen LogP contribution in [0.5, 0.6) is 11.5 Å². The highest BCUT2D eigenvalue weighted by atomic mass is 16.7. The van der Waals surface area contributed by atoms with Crippen molar-refractivity contribution >= 4 is 62.0 Å². The number of rotatable bonds is 5. The normalized spacial score (nSPS) is 29.9. The molecule has 5 bridgehead atoms. The number of allylic oxidation sites excluding steroid dienone is 2. The average Bonchev–Trinajstić information content (AvgIpc) is 3.56. The number of aliphatic hydroxyl groups excluding tert-OH is 2. The molecule has 1 fully saturated rings. The number of methoxy groups -OCH3 is 1. The number of nitrogens with zero attached hydrogens (tertiary/aromatic N) is 3. The van der Waals surface area contributed by atoms with Crippen molar-refractivity contribution in [1.82, 2.24) is 9.88 Å². The van der Waals surface area contributed by atoms with Gasteiger partial charge in [0.2, 0.25) is 0 Å². The van der Waals surface area contributed by atoms with Crippen molar-refractivity contribution in [2.45, 2.75) is 98.9 Å². The fourth-order valence-corrected chi connectivity index (χ4v) is 9.54. The molecule has 7 rings (SSSR count). The number of aromatic hydroxyl groups is 1. The summed E-state index contributed by atoms with van der Waals surface area (Å²) in [6, 6.07) is 5.58. The molecular formula is C50H62N4O12. The number of hydrogen-bond donors (Lipinski definition) is 4. The minimum absolute atomic E-state index is 0.00733. The molecule has 3 aromatic carbocycles. The van der Waals surface area contributed by atoms with Gasteiger partial charge in [0, 0.05) is 99.1 Å². The number of piperazine rings is 1. The van der Waals surface area contributed by atoms with E-state index in [4.69, 9.17) is 28.3 Å². The monoisotopic (exact) mass is 910 g/mol. The third-order valence-corrected chi connectivity index (χ3v) is 13.6. The summed E-state index contributed by atoms with van der Waals surface area (Å²) in [5.41, 5.74) is 0.779. The topological polar surface area (TPSA) is 210 Å². The number of ketones is 1. The Morgan fingerprint density at radius 3 is 2.36 bits per heavy atom. The Morgan fingerprint density at radius 2 is 1.70 bits per heavy atom. The van der Waals surface area contributed by atoms with Crippen molar-refractivity contribution in [1.29, 1.82) is 0 Å². The number of anilines is 2. The van der Waals surface area contributed by atoms with Crippen molar-refractivity contribution in [2.75, 3.05) is 50.1 Å². The molecule has 0 saturated carbocycles. The Balaban J connectivity index is 1.42. The molecule has 0 radical (unpaired) electrons. The number of carbonyl (C=O) groups is 3. The summed E-state index contributed by atoms with van der Waals surface area (Å²) in [7, 11) is 1.45. The van der Waals surface area contributed by atoms with E-state index in [0.717, 1.165) is 44.8 Å². The van der Waals surface area contributed by atoms with Gasteiger partial charge in [-0.1, -0.05) is 52.8 Å². The number of aliphatic hydroxyl groups is 2. The highest BCUT2D eigenvalue weighted by molar-refractivity contribution is 6.26. The molecule has 1 amide bonds. The number of benzene rings is 3. The average molecular weight is 911 g/mol. The van der Waals surface area contributed by atoms with E-state index in [9.17, 15) is 34.5 Å². The molecule has 3 aliphatic heterocycles. The van der Waals surface area contributed by atoms with Crippen LogP contribution in [0, 0.1) is 30.6 Å². The van der Waals surface area contributed by atoms with Gasteiger partial charge in [-0.2, -0.15) is 0 Å². The molecule has 1 saturated heterocycles. The summed E-state index contributed by atoms with van der Waals surface area (Å²) in [5.74, 6) is -7.13. The van der Waals surface area contributed by atoms with Crippen LogP contribution in [0.1, 0.15) is 77.7 Å². The smallest absolute Gasteiger partial charge is 0.312 e. The maximum absolute atomic E-state index is 14.8. The van der Waals surface area contributed by atoms with E-state index >= 15 is 0 Å². The first-order valence-electron chi connectivity index (χ1n) is 22.7. The van der Waals surface area contributed by atoms with Gasteiger partial charge in [0.1, 0.15) is 28.6 Å². The standard InChI is InChI=1S/C50H62N4O12/c1-11-18-53-19-21-54(22-20-53)32-15-16-33-35(24-32)65-47-39(51-33)36-37-43(58)30(7)46-38(36)48(60)50(9,66-46)63-23-17-34(62-10)27(4)45(64-31(8)55)29(6)42(57)28(5)41(56)25(2)13-12-14-26(3)49(61)52-40(47)44(37)59/h12-17,23-25,27-29,34,41-42,45,56-57,59H,11,18-22H2,1-10H3,(H,52,61)/b13-12+,23-17+,26-14-/t25-,27+,28+,29+,34-,41-,42+,45+,50?/m0/s1. The number of nitrogens with one attached hydrogen (secondary N) is 1. The third-order valence-electron chi connectivity index (χ3n) is 13.6. The number of esters is 1. The summed E-state index contributed by atoms with van der Waals surface area (Å²) in [5, 5.41) is 37.7. The van der Waals surface area contributed by atoms with Crippen molar-refractivity contribution in [3.05, 3.63) is 75.7 Å². The molecular weight excluding hydrogens is 849 g/mol. The van der Waals surface area contributed by atoms with Crippen molar-refractivity contribution in [2.24, 2.45) is 23.7 Å². The van der Waals surface area contributed by atoms with Crippen molar-refractivity contribution < 1.29 is 53.1 Å². The molecule has 1 aromatic heterocycles. The van der Waals surface area contributed by atoms with Gasteiger partial charge in [-0.05, 0) is 45.0 Å². The first-order chi connectivity index (χ1) is 31.3. The number of aromatic nitrogens is 1. The molecule has 16 nitrogen and oxygen atoms in total. The first-order valence-corrected chi connectivity index (χ1v) is 22.7. The molecule has 4 heterocycles. The van der Waals surface area contributed by atoms with E-state index in [1.54, 1.807) is 52.8 Å². The Labute approximate surface area is 383 Å². The number of hydrogen-bond acceptors (Lipinski definition) is 15. The minimum Gasteiger partial charge on any atom is -0.505 e.